The molecule has 7 heteroatoms. The molecule has 1 atom stereocenters. The average molecular weight is 273 g/mol. The average Bonchev–Trinajstić information content (AvgIpc) is 2.36. The molecule has 3 N–H and O–H groups in total. The van der Waals surface area contributed by atoms with E-state index >= 15 is 0 Å². The summed E-state index contributed by atoms with van der Waals surface area (Å²) >= 11 is 0. The standard InChI is InChI=1S/C12H23N3O4/c1-9(2)5-13-12(18)14-11(17)7-15-3-4-19-10(6-15)8-16/h9-10,16H,3-8H2,1-2H3,(H2,13,14,17,18). The lowest BCUT2D eigenvalue weighted by atomic mass is 10.2. The number of imide groups is 1. The SMILES string of the molecule is CC(C)CNC(=O)NC(=O)CN1CCOC(CO)C1. The van der Waals surface area contributed by atoms with E-state index in [0.29, 0.717) is 32.2 Å². The van der Waals surface area contributed by atoms with Crippen LogP contribution in [0.3, 0.4) is 0 Å². The van der Waals surface area contributed by atoms with Crippen molar-refractivity contribution in [1.29, 1.82) is 0 Å². The lowest BCUT2D eigenvalue weighted by Crippen LogP contribution is -2.50. The van der Waals surface area contributed by atoms with Gasteiger partial charge in [0.1, 0.15) is 0 Å². The van der Waals surface area contributed by atoms with E-state index in [0.717, 1.165) is 0 Å². The molecule has 1 aliphatic rings. The third kappa shape index (κ3) is 6.51. The number of morpholine rings is 1. The van der Waals surface area contributed by atoms with E-state index in [9.17, 15) is 9.59 Å². The van der Waals surface area contributed by atoms with Gasteiger partial charge in [0, 0.05) is 19.6 Å². The van der Waals surface area contributed by atoms with Gasteiger partial charge in [-0.05, 0) is 5.92 Å². The van der Waals surface area contributed by atoms with Gasteiger partial charge in [-0.2, -0.15) is 0 Å². The fraction of sp³-hybridized carbons (Fsp3) is 0.833. The van der Waals surface area contributed by atoms with E-state index in [4.69, 9.17) is 9.84 Å². The van der Waals surface area contributed by atoms with Gasteiger partial charge in [-0.15, -0.1) is 0 Å². The van der Waals surface area contributed by atoms with Crippen LogP contribution in [0, 0.1) is 5.92 Å². The number of hydrogen-bond donors (Lipinski definition) is 3. The predicted octanol–water partition coefficient (Wildman–Crippen LogP) is -0.839. The molecule has 19 heavy (non-hydrogen) atoms. The fourth-order valence-electron chi connectivity index (χ4n) is 1.74. The van der Waals surface area contributed by atoms with Crippen molar-refractivity contribution >= 4 is 11.9 Å². The van der Waals surface area contributed by atoms with E-state index in [-0.39, 0.29) is 25.2 Å². The second-order valence-electron chi connectivity index (χ2n) is 5.06. The first-order valence-electron chi connectivity index (χ1n) is 6.53. The van der Waals surface area contributed by atoms with Crippen molar-refractivity contribution in [2.24, 2.45) is 5.92 Å². The molecule has 0 aromatic carbocycles. The van der Waals surface area contributed by atoms with E-state index < -0.39 is 6.03 Å². The van der Waals surface area contributed by atoms with Crippen LogP contribution in [0.15, 0.2) is 0 Å². The molecule has 0 saturated carbocycles. The van der Waals surface area contributed by atoms with Crippen molar-refractivity contribution in [3.63, 3.8) is 0 Å². The van der Waals surface area contributed by atoms with Crippen LogP contribution in [0.4, 0.5) is 4.79 Å². The molecule has 0 aromatic rings. The number of urea groups is 1. The summed E-state index contributed by atoms with van der Waals surface area (Å²) in [6, 6.07) is -0.467. The molecule has 0 aliphatic carbocycles. The predicted molar refractivity (Wildman–Crippen MR) is 69.6 cm³/mol. The Labute approximate surface area is 113 Å². The van der Waals surface area contributed by atoms with Gasteiger partial charge in [0.2, 0.25) is 5.91 Å². The second-order valence-corrected chi connectivity index (χ2v) is 5.06. The molecular formula is C12H23N3O4. The summed E-state index contributed by atoms with van der Waals surface area (Å²) in [4.78, 5) is 24.9. The molecule has 1 fully saturated rings. The van der Waals surface area contributed by atoms with Crippen molar-refractivity contribution in [2.75, 3.05) is 39.4 Å². The number of nitrogens with zero attached hydrogens (tertiary/aromatic N) is 1. The number of aliphatic hydroxyl groups is 1. The second kappa shape index (κ2) is 8.08. The molecule has 7 nitrogen and oxygen atoms in total. The number of aliphatic hydroxyl groups excluding tert-OH is 1. The summed E-state index contributed by atoms with van der Waals surface area (Å²) in [7, 11) is 0. The number of amides is 3. The lowest BCUT2D eigenvalue weighted by molar-refractivity contribution is -0.123. The molecule has 0 aromatic heterocycles. The van der Waals surface area contributed by atoms with Gasteiger partial charge in [0.15, 0.2) is 0 Å². The van der Waals surface area contributed by atoms with Crippen LogP contribution in [-0.2, 0) is 9.53 Å². The van der Waals surface area contributed by atoms with E-state index in [2.05, 4.69) is 10.6 Å². The Morgan fingerprint density at radius 2 is 2.21 bits per heavy atom. The molecule has 3 amide bonds. The first kappa shape index (κ1) is 15.9. The molecule has 1 heterocycles. The number of hydrogen-bond acceptors (Lipinski definition) is 5. The van der Waals surface area contributed by atoms with Crippen molar-refractivity contribution in [2.45, 2.75) is 20.0 Å². The minimum absolute atomic E-state index is 0.0625. The van der Waals surface area contributed by atoms with Gasteiger partial charge >= 0.3 is 6.03 Å². The molecule has 110 valence electrons. The van der Waals surface area contributed by atoms with Crippen LogP contribution in [0.2, 0.25) is 0 Å². The zero-order valence-electron chi connectivity index (χ0n) is 11.5. The molecule has 0 bridgehead atoms. The maximum absolute atomic E-state index is 11.6. The molecule has 0 spiro atoms. The van der Waals surface area contributed by atoms with Crippen LogP contribution in [0.25, 0.3) is 0 Å². The molecule has 1 rings (SSSR count). The summed E-state index contributed by atoms with van der Waals surface area (Å²) < 4.78 is 5.28. The van der Waals surface area contributed by atoms with Gasteiger partial charge in [-0.25, -0.2) is 4.79 Å². The Hall–Kier alpha value is -1.18. The maximum atomic E-state index is 11.6. The fourth-order valence-corrected chi connectivity index (χ4v) is 1.74. The highest BCUT2D eigenvalue weighted by molar-refractivity contribution is 5.95. The van der Waals surface area contributed by atoms with Crippen molar-refractivity contribution in [1.82, 2.24) is 15.5 Å². The van der Waals surface area contributed by atoms with Crippen LogP contribution in [0.5, 0.6) is 0 Å². The topological polar surface area (TPSA) is 90.9 Å². The summed E-state index contributed by atoms with van der Waals surface area (Å²) in [5.41, 5.74) is 0. The number of rotatable bonds is 5. The van der Waals surface area contributed by atoms with E-state index in [1.165, 1.54) is 0 Å². The maximum Gasteiger partial charge on any atom is 0.321 e. The summed E-state index contributed by atoms with van der Waals surface area (Å²) in [5, 5.41) is 13.9. The highest BCUT2D eigenvalue weighted by Crippen LogP contribution is 2.03. The lowest BCUT2D eigenvalue weighted by Gasteiger charge is -2.31. The van der Waals surface area contributed by atoms with E-state index in [1.54, 1.807) is 0 Å². The minimum Gasteiger partial charge on any atom is -0.394 e. The van der Waals surface area contributed by atoms with E-state index in [1.807, 2.05) is 18.7 Å². The molecule has 1 saturated heterocycles. The van der Waals surface area contributed by atoms with Crippen LogP contribution < -0.4 is 10.6 Å². The normalized spacial score (nSPS) is 20.3. The third-order valence-electron chi connectivity index (χ3n) is 2.72. The monoisotopic (exact) mass is 273 g/mol. The van der Waals surface area contributed by atoms with Crippen LogP contribution in [-0.4, -0.2) is 67.4 Å². The Morgan fingerprint density at radius 3 is 2.84 bits per heavy atom. The molecule has 0 radical (unpaired) electrons. The quantitative estimate of drug-likeness (QED) is 0.608. The minimum atomic E-state index is -0.467. The number of ether oxygens (including phenoxy) is 1. The van der Waals surface area contributed by atoms with Gasteiger partial charge in [-0.3, -0.25) is 15.0 Å². The Kier molecular flexibility index (Phi) is 6.75. The number of carbonyl (C=O) groups is 2. The van der Waals surface area contributed by atoms with Crippen molar-refractivity contribution < 1.29 is 19.4 Å². The van der Waals surface area contributed by atoms with Crippen molar-refractivity contribution in [3.8, 4) is 0 Å². The smallest absolute Gasteiger partial charge is 0.321 e. The highest BCUT2D eigenvalue weighted by atomic mass is 16.5. The van der Waals surface area contributed by atoms with Gasteiger partial charge in [0.05, 0.1) is 25.9 Å². The summed E-state index contributed by atoms with van der Waals surface area (Å²) in [6.45, 7) is 6.16. The zero-order valence-corrected chi connectivity index (χ0v) is 11.5. The number of nitrogens with one attached hydrogen (secondary N) is 2. The molecule has 1 aliphatic heterocycles. The first-order chi connectivity index (χ1) is 9.01. The Balaban J connectivity index is 2.24. The Morgan fingerprint density at radius 1 is 1.47 bits per heavy atom. The largest absolute Gasteiger partial charge is 0.394 e. The first-order valence-corrected chi connectivity index (χ1v) is 6.53. The summed E-state index contributed by atoms with van der Waals surface area (Å²) in [5.74, 6) is -0.00902. The Bertz CT molecular complexity index is 309. The zero-order chi connectivity index (χ0) is 14.3. The summed E-state index contributed by atoms with van der Waals surface area (Å²) in [6.07, 6.45) is -0.253. The van der Waals surface area contributed by atoms with Gasteiger partial charge in [-0.1, -0.05) is 13.8 Å². The molecular weight excluding hydrogens is 250 g/mol. The van der Waals surface area contributed by atoms with Gasteiger partial charge < -0.3 is 15.2 Å². The van der Waals surface area contributed by atoms with Gasteiger partial charge in [0.25, 0.3) is 0 Å². The van der Waals surface area contributed by atoms with Crippen molar-refractivity contribution in [3.05, 3.63) is 0 Å². The van der Waals surface area contributed by atoms with Crippen LogP contribution >= 0.6 is 0 Å². The molecule has 1 unspecified atom stereocenters. The highest BCUT2D eigenvalue weighted by Gasteiger charge is 2.21. The number of carbonyl (C=O) groups excluding carboxylic acids is 2. The third-order valence-corrected chi connectivity index (χ3v) is 2.72. The van der Waals surface area contributed by atoms with Crippen LogP contribution in [0.1, 0.15) is 13.8 Å².